The average molecular weight is 420 g/mol. The van der Waals surface area contributed by atoms with Crippen molar-refractivity contribution in [1.29, 1.82) is 0 Å². The zero-order valence-electron chi connectivity index (χ0n) is 16.7. The van der Waals surface area contributed by atoms with Crippen LogP contribution >= 0.6 is 11.3 Å². The van der Waals surface area contributed by atoms with Crippen molar-refractivity contribution in [3.8, 4) is 10.7 Å². The summed E-state index contributed by atoms with van der Waals surface area (Å²) in [4.78, 5) is 22.0. The van der Waals surface area contributed by atoms with Gasteiger partial charge in [0.05, 0.1) is 17.3 Å². The molecule has 2 saturated carbocycles. The first-order chi connectivity index (χ1) is 14.8. The van der Waals surface area contributed by atoms with Crippen molar-refractivity contribution < 1.29 is 9.53 Å². The van der Waals surface area contributed by atoms with Crippen LogP contribution in [0.2, 0.25) is 0 Å². The fourth-order valence-corrected chi connectivity index (χ4v) is 5.76. The summed E-state index contributed by atoms with van der Waals surface area (Å²) in [5, 5.41) is 6.65. The number of ether oxygens (including phenoxy) is 1. The van der Waals surface area contributed by atoms with E-state index >= 15 is 0 Å². The molecule has 4 atom stereocenters. The number of nitrogens with one attached hydrogen (secondary N) is 1. The van der Waals surface area contributed by atoms with Crippen LogP contribution < -0.4 is 5.32 Å². The Morgan fingerprint density at radius 2 is 1.93 bits per heavy atom. The first-order valence-electron chi connectivity index (χ1n) is 10.6. The van der Waals surface area contributed by atoms with Gasteiger partial charge in [-0.15, -0.1) is 11.3 Å². The number of rotatable bonds is 7. The smallest absolute Gasteiger partial charge is 0.311 e. The highest BCUT2D eigenvalue weighted by atomic mass is 32.1. The quantitative estimate of drug-likeness (QED) is 0.573. The molecule has 154 valence electrons. The number of carbonyl (C=O) groups excluding carboxylic acids is 1. The minimum atomic E-state index is -0.0593. The van der Waals surface area contributed by atoms with Gasteiger partial charge >= 0.3 is 5.97 Å². The molecule has 0 aliphatic heterocycles. The van der Waals surface area contributed by atoms with Crippen LogP contribution in [-0.2, 0) is 22.7 Å². The van der Waals surface area contributed by atoms with Gasteiger partial charge in [0.25, 0.3) is 0 Å². The topological polar surface area (TPSA) is 64.1 Å². The third kappa shape index (κ3) is 4.02. The molecule has 0 saturated heterocycles. The molecule has 1 aromatic carbocycles. The standard InChI is InChI=1S/C24H25N3O2S/c28-24(29-14-16-6-2-1-3-7-16)21-17-9-10-18(12-17)22(21)26-13-19-15-30-23(27-19)20-8-4-5-11-25-20/h1-8,11,15,17-18,21-22,26H,9-10,12-14H2/t17-,18-,21+,22-/m0/s1. The van der Waals surface area contributed by atoms with E-state index in [-0.39, 0.29) is 17.9 Å². The fraction of sp³-hybridized carbons (Fsp3) is 0.375. The Hall–Kier alpha value is -2.57. The van der Waals surface area contributed by atoms with Crippen LogP contribution in [0.15, 0.2) is 60.1 Å². The largest absolute Gasteiger partial charge is 0.461 e. The summed E-state index contributed by atoms with van der Waals surface area (Å²) < 4.78 is 5.71. The first-order valence-corrected chi connectivity index (χ1v) is 11.5. The van der Waals surface area contributed by atoms with Gasteiger partial charge in [0.1, 0.15) is 11.6 Å². The Balaban J connectivity index is 1.22. The van der Waals surface area contributed by atoms with Gasteiger partial charge in [-0.25, -0.2) is 4.98 Å². The molecular formula is C24H25N3O2S. The second-order valence-corrected chi connectivity index (χ2v) is 9.08. The lowest BCUT2D eigenvalue weighted by atomic mass is 9.84. The number of carbonyl (C=O) groups is 1. The maximum atomic E-state index is 12.9. The molecule has 5 rings (SSSR count). The van der Waals surface area contributed by atoms with E-state index in [1.807, 2.05) is 48.5 Å². The summed E-state index contributed by atoms with van der Waals surface area (Å²) >= 11 is 1.61. The van der Waals surface area contributed by atoms with Crippen LogP contribution in [0, 0.1) is 17.8 Å². The van der Waals surface area contributed by atoms with Gasteiger partial charge in [-0.05, 0) is 48.8 Å². The maximum absolute atomic E-state index is 12.9. The highest BCUT2D eigenvalue weighted by Crippen LogP contribution is 2.49. The van der Waals surface area contributed by atoms with E-state index in [4.69, 9.17) is 9.72 Å². The first kappa shape index (κ1) is 19.4. The maximum Gasteiger partial charge on any atom is 0.311 e. The molecule has 2 heterocycles. The van der Waals surface area contributed by atoms with Gasteiger partial charge in [0.2, 0.25) is 0 Å². The molecule has 2 aromatic heterocycles. The molecular weight excluding hydrogens is 394 g/mol. The van der Waals surface area contributed by atoms with Crippen LogP contribution in [0.5, 0.6) is 0 Å². The Morgan fingerprint density at radius 3 is 2.77 bits per heavy atom. The van der Waals surface area contributed by atoms with E-state index < -0.39 is 0 Å². The lowest BCUT2D eigenvalue weighted by Gasteiger charge is -2.30. The van der Waals surface area contributed by atoms with E-state index in [1.54, 1.807) is 17.5 Å². The summed E-state index contributed by atoms with van der Waals surface area (Å²) in [6, 6.07) is 15.9. The summed E-state index contributed by atoms with van der Waals surface area (Å²) in [6.45, 7) is 1.01. The molecule has 2 aliphatic carbocycles. The van der Waals surface area contributed by atoms with E-state index in [2.05, 4.69) is 15.7 Å². The fourth-order valence-electron chi connectivity index (χ4n) is 4.97. The van der Waals surface area contributed by atoms with Crippen molar-refractivity contribution in [2.24, 2.45) is 17.8 Å². The van der Waals surface area contributed by atoms with Crippen molar-refractivity contribution in [3.63, 3.8) is 0 Å². The van der Waals surface area contributed by atoms with Crippen LogP contribution in [0.25, 0.3) is 10.7 Å². The Morgan fingerprint density at radius 1 is 1.10 bits per heavy atom. The summed E-state index contributed by atoms with van der Waals surface area (Å²) in [5.41, 5.74) is 2.93. The average Bonchev–Trinajstić information content (AvgIpc) is 3.53. The van der Waals surface area contributed by atoms with Crippen molar-refractivity contribution in [2.45, 2.75) is 38.5 Å². The minimum absolute atomic E-state index is 0.0543. The van der Waals surface area contributed by atoms with Crippen molar-refractivity contribution >= 4 is 17.3 Å². The van der Waals surface area contributed by atoms with Gasteiger partial charge < -0.3 is 10.1 Å². The molecule has 5 nitrogen and oxygen atoms in total. The molecule has 0 unspecified atom stereocenters. The third-order valence-corrected chi connectivity index (χ3v) is 7.28. The predicted octanol–water partition coefficient (Wildman–Crippen LogP) is 4.45. The molecule has 0 radical (unpaired) electrons. The molecule has 2 aliphatic rings. The second kappa shape index (κ2) is 8.66. The number of hydrogen-bond donors (Lipinski definition) is 1. The lowest BCUT2D eigenvalue weighted by molar-refractivity contribution is -0.152. The van der Waals surface area contributed by atoms with Crippen molar-refractivity contribution in [2.75, 3.05) is 0 Å². The van der Waals surface area contributed by atoms with Gasteiger partial charge in [-0.2, -0.15) is 0 Å². The normalized spacial score (nSPS) is 24.8. The van der Waals surface area contributed by atoms with Crippen LogP contribution in [0.4, 0.5) is 0 Å². The number of benzene rings is 1. The Kier molecular flexibility index (Phi) is 5.60. The zero-order chi connectivity index (χ0) is 20.3. The Bertz CT molecular complexity index is 992. The zero-order valence-corrected chi connectivity index (χ0v) is 17.6. The number of fused-ring (bicyclic) bond motifs is 2. The van der Waals surface area contributed by atoms with Crippen LogP contribution in [-0.4, -0.2) is 22.0 Å². The van der Waals surface area contributed by atoms with E-state index in [1.165, 1.54) is 6.42 Å². The molecule has 6 heteroatoms. The molecule has 0 spiro atoms. The molecule has 30 heavy (non-hydrogen) atoms. The molecule has 2 bridgehead atoms. The highest BCUT2D eigenvalue weighted by molar-refractivity contribution is 7.13. The number of nitrogens with zero attached hydrogens (tertiary/aromatic N) is 2. The highest BCUT2D eigenvalue weighted by Gasteiger charge is 2.51. The molecule has 0 amide bonds. The summed E-state index contributed by atoms with van der Waals surface area (Å²) in [6.07, 6.45) is 5.24. The van der Waals surface area contributed by atoms with E-state index in [0.717, 1.165) is 34.8 Å². The van der Waals surface area contributed by atoms with Crippen molar-refractivity contribution in [1.82, 2.24) is 15.3 Å². The molecule has 3 aromatic rings. The summed E-state index contributed by atoms with van der Waals surface area (Å²) in [5.74, 6) is 0.880. The number of aromatic nitrogens is 2. The van der Waals surface area contributed by atoms with Gasteiger partial charge in [-0.3, -0.25) is 9.78 Å². The molecule has 2 fully saturated rings. The number of thiazole rings is 1. The monoisotopic (exact) mass is 419 g/mol. The number of hydrogen-bond acceptors (Lipinski definition) is 6. The van der Waals surface area contributed by atoms with Gasteiger partial charge in [-0.1, -0.05) is 36.4 Å². The van der Waals surface area contributed by atoms with E-state index in [0.29, 0.717) is 25.0 Å². The number of esters is 1. The van der Waals surface area contributed by atoms with Gasteiger partial charge in [0, 0.05) is 24.2 Å². The molecule has 1 N–H and O–H groups in total. The summed E-state index contributed by atoms with van der Waals surface area (Å²) in [7, 11) is 0. The number of pyridine rings is 1. The van der Waals surface area contributed by atoms with Crippen LogP contribution in [0.3, 0.4) is 0 Å². The van der Waals surface area contributed by atoms with Gasteiger partial charge in [0.15, 0.2) is 0 Å². The van der Waals surface area contributed by atoms with Crippen LogP contribution in [0.1, 0.15) is 30.5 Å². The third-order valence-electron chi connectivity index (χ3n) is 6.37. The van der Waals surface area contributed by atoms with Crippen molar-refractivity contribution in [3.05, 3.63) is 71.4 Å². The minimum Gasteiger partial charge on any atom is -0.461 e. The SMILES string of the molecule is O=C(OCc1ccccc1)[C@@H]1[C@H]2CC[C@@H](C2)[C@@H]1NCc1csc(-c2ccccn2)n1. The lowest BCUT2D eigenvalue weighted by Crippen LogP contribution is -2.44. The second-order valence-electron chi connectivity index (χ2n) is 8.22. The Labute approximate surface area is 180 Å². The van der Waals surface area contributed by atoms with E-state index in [9.17, 15) is 4.79 Å². The predicted molar refractivity (Wildman–Crippen MR) is 117 cm³/mol.